The van der Waals surface area contributed by atoms with E-state index in [1.165, 1.54) is 4.90 Å². The third-order valence-electron chi connectivity index (χ3n) is 5.03. The molecule has 9 heteroatoms. The van der Waals surface area contributed by atoms with Crippen molar-refractivity contribution in [1.29, 1.82) is 0 Å². The molecule has 0 radical (unpaired) electrons. The van der Waals surface area contributed by atoms with Gasteiger partial charge in [0, 0.05) is 29.9 Å². The molecule has 3 atom stereocenters. The van der Waals surface area contributed by atoms with Gasteiger partial charge in [-0.25, -0.2) is 13.6 Å². The molecule has 0 bridgehead atoms. The van der Waals surface area contributed by atoms with E-state index in [0.29, 0.717) is 0 Å². The Morgan fingerprint density at radius 3 is 2.17 bits per heavy atom. The van der Waals surface area contributed by atoms with Crippen LogP contribution in [-0.2, 0) is 15.1 Å². The lowest BCUT2D eigenvalue weighted by atomic mass is 9.70. The van der Waals surface area contributed by atoms with Crippen LogP contribution >= 0.6 is 11.6 Å². The van der Waals surface area contributed by atoms with Gasteiger partial charge >= 0.3 is 6.09 Å². The van der Waals surface area contributed by atoms with Crippen molar-refractivity contribution in [3.05, 3.63) is 34.4 Å². The molecule has 162 valence electrons. The summed E-state index contributed by atoms with van der Waals surface area (Å²) in [5, 5.41) is 13.5. The monoisotopic (exact) mass is 432 g/mol. The van der Waals surface area contributed by atoms with Gasteiger partial charge in [0.25, 0.3) is 0 Å². The molecule has 1 heterocycles. The minimum Gasteiger partial charge on any atom is -0.444 e. The highest BCUT2D eigenvalue weighted by Gasteiger charge is 2.49. The fourth-order valence-corrected chi connectivity index (χ4v) is 3.89. The quantitative estimate of drug-likeness (QED) is 0.766. The van der Waals surface area contributed by atoms with Crippen LogP contribution in [0.4, 0.5) is 13.6 Å². The Balaban J connectivity index is 2.12. The van der Waals surface area contributed by atoms with Crippen molar-refractivity contribution in [1.82, 2.24) is 10.2 Å². The fraction of sp³-hybridized carbons (Fsp3) is 0.600. The molecular formula is C20H27ClF2N2O4. The van der Waals surface area contributed by atoms with Crippen molar-refractivity contribution >= 4 is 23.6 Å². The first-order chi connectivity index (χ1) is 13.3. The Labute approximate surface area is 174 Å². The Morgan fingerprint density at radius 2 is 1.72 bits per heavy atom. The maximum atomic E-state index is 14.5. The number of carbonyl (C=O) groups excluding carboxylic acids is 2. The Bertz CT molecular complexity index is 762. The van der Waals surface area contributed by atoms with E-state index >= 15 is 0 Å². The number of rotatable bonds is 3. The van der Waals surface area contributed by atoms with Crippen molar-refractivity contribution < 1.29 is 28.2 Å². The molecule has 1 aromatic carbocycles. The first-order valence-corrected chi connectivity index (χ1v) is 9.75. The number of nitrogens with zero attached hydrogens (tertiary/aromatic N) is 1. The van der Waals surface area contributed by atoms with Gasteiger partial charge in [0.05, 0.1) is 5.56 Å². The van der Waals surface area contributed by atoms with Crippen molar-refractivity contribution in [2.75, 3.05) is 19.6 Å². The number of nitrogens with one attached hydrogen (secondary N) is 1. The second-order valence-corrected chi connectivity index (χ2v) is 8.96. The van der Waals surface area contributed by atoms with Crippen LogP contribution in [0.15, 0.2) is 12.1 Å². The highest BCUT2D eigenvalue weighted by Crippen LogP contribution is 2.43. The van der Waals surface area contributed by atoms with E-state index in [-0.39, 0.29) is 30.6 Å². The summed E-state index contributed by atoms with van der Waals surface area (Å²) in [5.41, 5.74) is -2.94. The molecule has 1 aliphatic rings. The van der Waals surface area contributed by atoms with Gasteiger partial charge in [-0.3, -0.25) is 4.79 Å². The molecule has 2 N–H and O–H groups in total. The van der Waals surface area contributed by atoms with Crippen LogP contribution in [0.5, 0.6) is 0 Å². The van der Waals surface area contributed by atoms with Gasteiger partial charge in [0.2, 0.25) is 5.91 Å². The van der Waals surface area contributed by atoms with Gasteiger partial charge in [-0.1, -0.05) is 25.4 Å². The molecule has 2 rings (SSSR count). The van der Waals surface area contributed by atoms with Crippen LogP contribution in [0.3, 0.4) is 0 Å². The second-order valence-electron chi connectivity index (χ2n) is 8.53. The minimum absolute atomic E-state index is 0.0666. The van der Waals surface area contributed by atoms with E-state index in [4.69, 9.17) is 16.3 Å². The van der Waals surface area contributed by atoms with Gasteiger partial charge in [0.15, 0.2) is 0 Å². The number of likely N-dealkylation sites (tertiary alicyclic amines) is 1. The summed E-state index contributed by atoms with van der Waals surface area (Å²) in [5.74, 6) is -3.57. The zero-order chi connectivity index (χ0) is 22.1. The topological polar surface area (TPSA) is 78.9 Å². The van der Waals surface area contributed by atoms with Gasteiger partial charge in [-0.15, -0.1) is 0 Å². The van der Waals surface area contributed by atoms with Crippen LogP contribution in [0, 0.1) is 23.5 Å². The van der Waals surface area contributed by atoms with Gasteiger partial charge in [-0.2, -0.15) is 0 Å². The van der Waals surface area contributed by atoms with E-state index in [1.807, 2.05) is 0 Å². The smallest absolute Gasteiger partial charge is 0.408 e. The van der Waals surface area contributed by atoms with Crippen molar-refractivity contribution in [2.45, 2.75) is 45.8 Å². The molecule has 0 spiro atoms. The number of alkyl carbamates (subject to hydrolysis) is 1. The average molecular weight is 433 g/mol. The number of benzene rings is 1. The molecule has 0 unspecified atom stereocenters. The zero-order valence-electron chi connectivity index (χ0n) is 17.2. The molecule has 0 saturated carbocycles. The normalized spacial score (nSPS) is 24.9. The van der Waals surface area contributed by atoms with E-state index < -0.39 is 46.3 Å². The molecular weight excluding hydrogens is 406 g/mol. The standard InChI is InChI=1S/C20H27ClF2N2O4/c1-11-9-25(16(26)8-24-18(27)29-19(3,4)5)10-12(2)20(11,28)17-14(22)6-13(21)7-15(17)23/h6-7,11-12,28H,8-10H2,1-5H3,(H,24,27)/t11-,12+,20-. The highest BCUT2D eigenvalue weighted by atomic mass is 35.5. The number of hydrogen-bond acceptors (Lipinski definition) is 4. The maximum absolute atomic E-state index is 14.5. The number of ether oxygens (including phenoxy) is 1. The molecule has 1 aromatic rings. The predicted octanol–water partition coefficient (Wildman–Crippen LogP) is 3.44. The second kappa shape index (κ2) is 8.44. The van der Waals surface area contributed by atoms with E-state index in [2.05, 4.69) is 5.32 Å². The zero-order valence-corrected chi connectivity index (χ0v) is 17.9. The molecule has 6 nitrogen and oxygen atoms in total. The lowest BCUT2D eigenvalue weighted by Crippen LogP contribution is -2.57. The minimum atomic E-state index is -1.81. The largest absolute Gasteiger partial charge is 0.444 e. The predicted molar refractivity (Wildman–Crippen MR) is 104 cm³/mol. The number of hydrogen-bond donors (Lipinski definition) is 2. The molecule has 2 amide bonds. The van der Waals surface area contributed by atoms with Gasteiger partial charge < -0.3 is 20.1 Å². The summed E-state index contributed by atoms with van der Waals surface area (Å²) in [6.45, 7) is 8.20. The van der Waals surface area contributed by atoms with Crippen molar-refractivity contribution in [3.63, 3.8) is 0 Å². The van der Waals surface area contributed by atoms with Crippen molar-refractivity contribution in [2.24, 2.45) is 11.8 Å². The third-order valence-corrected chi connectivity index (χ3v) is 5.25. The van der Waals surface area contributed by atoms with E-state index in [0.717, 1.165) is 12.1 Å². The van der Waals surface area contributed by atoms with E-state index in [1.54, 1.807) is 34.6 Å². The lowest BCUT2D eigenvalue weighted by molar-refractivity contribution is -0.149. The molecule has 0 aromatic heterocycles. The summed E-state index contributed by atoms with van der Waals surface area (Å²) >= 11 is 5.69. The van der Waals surface area contributed by atoms with Gasteiger partial charge in [-0.05, 0) is 32.9 Å². The summed E-state index contributed by atoms with van der Waals surface area (Å²) in [4.78, 5) is 25.7. The Morgan fingerprint density at radius 1 is 1.24 bits per heavy atom. The third kappa shape index (κ3) is 5.17. The summed E-state index contributed by atoms with van der Waals surface area (Å²) in [7, 11) is 0. The van der Waals surface area contributed by atoms with Crippen molar-refractivity contribution in [3.8, 4) is 0 Å². The molecule has 1 fully saturated rings. The van der Waals surface area contributed by atoms with Crippen LogP contribution in [0.25, 0.3) is 0 Å². The summed E-state index contributed by atoms with van der Waals surface area (Å²) < 4.78 is 34.0. The highest BCUT2D eigenvalue weighted by molar-refractivity contribution is 6.30. The number of halogens is 3. The summed E-state index contributed by atoms with van der Waals surface area (Å²) in [6, 6.07) is 1.92. The number of amides is 2. The first-order valence-electron chi connectivity index (χ1n) is 9.37. The molecule has 29 heavy (non-hydrogen) atoms. The SMILES string of the molecule is C[C@@H]1CN(C(=O)CNC(=O)OC(C)(C)C)C[C@H](C)[C@@]1(O)c1c(F)cc(Cl)cc1F. The van der Waals surface area contributed by atoms with Crippen LogP contribution in [0.2, 0.25) is 5.02 Å². The Kier molecular flexibility index (Phi) is 6.79. The Hall–Kier alpha value is -1.93. The number of aliphatic hydroxyl groups is 1. The first kappa shape index (κ1) is 23.3. The maximum Gasteiger partial charge on any atom is 0.408 e. The number of carbonyl (C=O) groups is 2. The molecule has 1 saturated heterocycles. The average Bonchev–Trinajstić information content (AvgIpc) is 2.54. The molecule has 1 aliphatic heterocycles. The van der Waals surface area contributed by atoms with Gasteiger partial charge in [0.1, 0.15) is 29.4 Å². The van der Waals surface area contributed by atoms with Crippen LogP contribution in [0.1, 0.15) is 40.2 Å². The van der Waals surface area contributed by atoms with Crippen LogP contribution in [-0.4, -0.2) is 47.2 Å². The van der Waals surface area contributed by atoms with E-state index in [9.17, 15) is 23.5 Å². The molecule has 0 aliphatic carbocycles. The van der Waals surface area contributed by atoms with Crippen LogP contribution < -0.4 is 5.32 Å². The number of piperidine rings is 1. The lowest BCUT2D eigenvalue weighted by Gasteiger charge is -2.48. The summed E-state index contributed by atoms with van der Waals surface area (Å²) in [6.07, 6.45) is -0.717. The fourth-order valence-electron chi connectivity index (χ4n) is 3.69.